The SMILES string of the molecule is c1ccc(-c2ccc(-c3ccc(N(c4ccccc4)c4ccc(-c5ccc6c(c5)-c5cc7c(cc5C65c6ccccc6-c6ccccc65)Oc5ccccc5O7)cc4)cc3)cc2)cc1. The lowest BCUT2D eigenvalue weighted by molar-refractivity contribution is 0.359. The molecule has 10 aromatic carbocycles. The van der Waals surface area contributed by atoms with Crippen LogP contribution >= 0.6 is 0 Å². The molecule has 3 aliphatic rings. The molecule has 3 nitrogen and oxygen atoms in total. The smallest absolute Gasteiger partial charge is 0.170 e. The first-order chi connectivity index (χ1) is 31.7. The minimum absolute atomic E-state index is 0.507. The molecule has 0 atom stereocenters. The Morgan fingerprint density at radius 3 is 1.22 bits per heavy atom. The van der Waals surface area contributed by atoms with Crippen LogP contribution in [0.25, 0.3) is 55.6 Å². The number of nitrogens with zero attached hydrogens (tertiary/aromatic N) is 1. The molecular weight excluding hydrogens is 779 g/mol. The summed E-state index contributed by atoms with van der Waals surface area (Å²) < 4.78 is 13.1. The summed E-state index contributed by atoms with van der Waals surface area (Å²) >= 11 is 0. The van der Waals surface area contributed by atoms with Crippen LogP contribution in [0.3, 0.4) is 0 Å². The van der Waals surface area contributed by atoms with E-state index >= 15 is 0 Å². The average Bonchev–Trinajstić information content (AvgIpc) is 3.82. The second-order valence-electron chi connectivity index (χ2n) is 16.8. The average molecular weight is 818 g/mol. The largest absolute Gasteiger partial charge is 0.450 e. The van der Waals surface area contributed by atoms with E-state index in [4.69, 9.17) is 9.47 Å². The Balaban J connectivity index is 0.886. The first kappa shape index (κ1) is 36.3. The Morgan fingerprint density at radius 2 is 0.641 bits per heavy atom. The molecule has 1 spiro atoms. The molecule has 0 N–H and O–H groups in total. The lowest BCUT2D eigenvalue weighted by Crippen LogP contribution is -2.26. The Kier molecular flexibility index (Phi) is 8.13. The molecule has 0 unspecified atom stereocenters. The van der Waals surface area contributed by atoms with Crippen molar-refractivity contribution in [1.29, 1.82) is 0 Å². The maximum atomic E-state index is 6.58. The van der Waals surface area contributed by atoms with Gasteiger partial charge in [0.05, 0.1) is 5.41 Å². The zero-order chi connectivity index (χ0) is 42.2. The first-order valence-corrected chi connectivity index (χ1v) is 21.9. The molecule has 0 saturated carbocycles. The summed E-state index contributed by atoms with van der Waals surface area (Å²) in [7, 11) is 0. The molecule has 0 radical (unpaired) electrons. The summed E-state index contributed by atoms with van der Waals surface area (Å²) in [6.45, 7) is 0. The summed E-state index contributed by atoms with van der Waals surface area (Å²) in [5.74, 6) is 2.91. The van der Waals surface area contributed by atoms with E-state index in [0.717, 1.165) is 56.8 Å². The lowest BCUT2D eigenvalue weighted by atomic mass is 9.70. The van der Waals surface area contributed by atoms with Crippen molar-refractivity contribution >= 4 is 17.1 Å². The van der Waals surface area contributed by atoms with E-state index in [9.17, 15) is 0 Å². The molecule has 0 bridgehead atoms. The Hall–Kier alpha value is -8.40. The highest BCUT2D eigenvalue weighted by atomic mass is 16.6. The van der Waals surface area contributed by atoms with Crippen molar-refractivity contribution in [3.8, 4) is 78.6 Å². The fourth-order valence-electron chi connectivity index (χ4n) is 10.5. The third-order valence-electron chi connectivity index (χ3n) is 13.4. The zero-order valence-corrected chi connectivity index (χ0v) is 34.8. The quantitative estimate of drug-likeness (QED) is 0.167. The number of fused-ring (bicyclic) bond motifs is 12. The van der Waals surface area contributed by atoms with Gasteiger partial charge >= 0.3 is 0 Å². The maximum absolute atomic E-state index is 6.58. The fourth-order valence-corrected chi connectivity index (χ4v) is 10.5. The van der Waals surface area contributed by atoms with Gasteiger partial charge in [0.2, 0.25) is 0 Å². The standard InChI is InChI=1S/C61H39NO2/c1-3-13-40(14-4-1)41-23-25-42(26-24-41)43-27-32-47(33-28-43)62(46-15-5-2-6-16-46)48-34-29-44(30-35-48)45-31-36-55-51(37-45)52-38-59-60(64-58-22-12-11-21-57(58)63-59)39-56(52)61(55)53-19-9-7-17-49(53)50-18-8-10-20-54(50)61/h1-39H. The van der Waals surface area contributed by atoms with Crippen molar-refractivity contribution in [3.63, 3.8) is 0 Å². The van der Waals surface area contributed by atoms with Gasteiger partial charge in [-0.2, -0.15) is 0 Å². The molecule has 1 heterocycles. The van der Waals surface area contributed by atoms with Crippen molar-refractivity contribution in [2.75, 3.05) is 4.90 Å². The van der Waals surface area contributed by atoms with Crippen LogP contribution in [-0.2, 0) is 5.41 Å². The summed E-state index contributed by atoms with van der Waals surface area (Å²) in [4.78, 5) is 2.33. The van der Waals surface area contributed by atoms with E-state index in [-0.39, 0.29) is 0 Å². The van der Waals surface area contributed by atoms with Crippen LogP contribution < -0.4 is 14.4 Å². The van der Waals surface area contributed by atoms with E-state index < -0.39 is 5.41 Å². The minimum atomic E-state index is -0.507. The van der Waals surface area contributed by atoms with Crippen molar-refractivity contribution in [2.24, 2.45) is 0 Å². The maximum Gasteiger partial charge on any atom is 0.170 e. The first-order valence-electron chi connectivity index (χ1n) is 21.9. The second kappa shape index (κ2) is 14.3. The summed E-state index contributed by atoms with van der Waals surface area (Å²) in [6, 6.07) is 85.0. The predicted molar refractivity (Wildman–Crippen MR) is 260 cm³/mol. The number of para-hydroxylation sites is 3. The van der Waals surface area contributed by atoms with E-state index in [1.807, 2.05) is 24.3 Å². The molecule has 0 fully saturated rings. The van der Waals surface area contributed by atoms with Gasteiger partial charge in [0.1, 0.15) is 0 Å². The number of rotatable bonds is 6. The van der Waals surface area contributed by atoms with E-state index in [1.54, 1.807) is 0 Å². The topological polar surface area (TPSA) is 21.7 Å². The Morgan fingerprint density at radius 1 is 0.250 bits per heavy atom. The number of benzene rings is 10. The van der Waals surface area contributed by atoms with Gasteiger partial charge < -0.3 is 14.4 Å². The number of anilines is 3. The van der Waals surface area contributed by atoms with Crippen molar-refractivity contribution < 1.29 is 9.47 Å². The van der Waals surface area contributed by atoms with Gasteiger partial charge in [-0.05, 0) is 145 Å². The molecule has 10 aromatic rings. The van der Waals surface area contributed by atoms with E-state index in [1.165, 1.54) is 61.2 Å². The van der Waals surface area contributed by atoms with Crippen LogP contribution in [0.15, 0.2) is 237 Å². The molecule has 0 amide bonds. The predicted octanol–water partition coefficient (Wildman–Crippen LogP) is 16.4. The molecule has 300 valence electrons. The van der Waals surface area contributed by atoms with Gasteiger partial charge in [0.15, 0.2) is 23.0 Å². The van der Waals surface area contributed by atoms with Crippen molar-refractivity contribution in [2.45, 2.75) is 5.41 Å². The molecule has 2 aliphatic carbocycles. The van der Waals surface area contributed by atoms with Crippen LogP contribution in [0.2, 0.25) is 0 Å². The van der Waals surface area contributed by atoms with Gasteiger partial charge in [-0.1, -0.05) is 170 Å². The van der Waals surface area contributed by atoms with Gasteiger partial charge in [0.25, 0.3) is 0 Å². The van der Waals surface area contributed by atoms with Crippen molar-refractivity contribution in [3.05, 3.63) is 259 Å². The fraction of sp³-hybridized carbons (Fsp3) is 0.0164. The van der Waals surface area contributed by atoms with E-state index in [2.05, 4.69) is 217 Å². The third-order valence-corrected chi connectivity index (χ3v) is 13.4. The minimum Gasteiger partial charge on any atom is -0.450 e. The van der Waals surface area contributed by atoms with Crippen LogP contribution in [-0.4, -0.2) is 0 Å². The summed E-state index contributed by atoms with van der Waals surface area (Å²) in [6.07, 6.45) is 0. The highest BCUT2D eigenvalue weighted by molar-refractivity contribution is 5.97. The van der Waals surface area contributed by atoms with Gasteiger partial charge in [-0.3, -0.25) is 0 Å². The third kappa shape index (κ3) is 5.54. The zero-order valence-electron chi connectivity index (χ0n) is 34.8. The van der Waals surface area contributed by atoms with Crippen LogP contribution in [0.4, 0.5) is 17.1 Å². The summed E-state index contributed by atoms with van der Waals surface area (Å²) in [5, 5.41) is 0. The van der Waals surface area contributed by atoms with Crippen LogP contribution in [0.5, 0.6) is 23.0 Å². The van der Waals surface area contributed by atoms with Crippen LogP contribution in [0.1, 0.15) is 22.3 Å². The molecule has 64 heavy (non-hydrogen) atoms. The van der Waals surface area contributed by atoms with E-state index in [0.29, 0.717) is 0 Å². The van der Waals surface area contributed by atoms with Gasteiger partial charge in [-0.15, -0.1) is 0 Å². The van der Waals surface area contributed by atoms with Crippen LogP contribution in [0, 0.1) is 0 Å². The molecule has 13 rings (SSSR count). The monoisotopic (exact) mass is 817 g/mol. The van der Waals surface area contributed by atoms with Gasteiger partial charge in [0, 0.05) is 17.1 Å². The highest BCUT2D eigenvalue weighted by Crippen LogP contribution is 2.65. The normalized spacial score (nSPS) is 13.1. The molecule has 0 aromatic heterocycles. The van der Waals surface area contributed by atoms with Crippen molar-refractivity contribution in [1.82, 2.24) is 0 Å². The number of hydrogen-bond acceptors (Lipinski definition) is 3. The summed E-state index contributed by atoms with van der Waals surface area (Å²) in [5.41, 5.74) is 19.9. The second-order valence-corrected chi connectivity index (χ2v) is 16.8. The Bertz CT molecular complexity index is 3370. The van der Waals surface area contributed by atoms with Gasteiger partial charge in [-0.25, -0.2) is 0 Å². The lowest BCUT2D eigenvalue weighted by Gasteiger charge is -2.31. The molecule has 0 saturated heterocycles. The molecule has 3 heteroatoms. The Labute approximate surface area is 372 Å². The number of hydrogen-bond donors (Lipinski definition) is 0. The highest BCUT2D eigenvalue weighted by Gasteiger charge is 2.52. The molecular formula is C61H39NO2. The molecule has 1 aliphatic heterocycles. The number of ether oxygens (including phenoxy) is 2.